The maximum absolute atomic E-state index is 13.0. The molecule has 0 saturated carbocycles. The number of alkyl halides is 3. The zero-order chi connectivity index (χ0) is 19.3. The molecule has 1 fully saturated rings. The van der Waals surface area contributed by atoms with Crippen LogP contribution in [0.2, 0.25) is 5.28 Å². The molecule has 0 aliphatic carbocycles. The van der Waals surface area contributed by atoms with Gasteiger partial charge >= 0.3 is 6.18 Å². The maximum atomic E-state index is 13.0. The Kier molecular flexibility index (Phi) is 4.21. The molecule has 1 aliphatic heterocycles. The van der Waals surface area contributed by atoms with Crippen LogP contribution < -0.4 is 4.90 Å². The highest BCUT2D eigenvalue weighted by molar-refractivity contribution is 6.28. The van der Waals surface area contributed by atoms with Crippen LogP contribution in [-0.2, 0) is 6.18 Å². The molecule has 11 heteroatoms. The largest absolute Gasteiger partial charge is 0.416 e. The van der Waals surface area contributed by atoms with E-state index < -0.39 is 23.9 Å². The molecule has 4 rings (SSSR count). The first kappa shape index (κ1) is 18.0. The minimum Gasteiger partial charge on any atom is -0.389 e. The molecular weight excluding hydrogens is 387 g/mol. The van der Waals surface area contributed by atoms with Crippen molar-refractivity contribution in [2.45, 2.75) is 18.4 Å². The van der Waals surface area contributed by atoms with E-state index >= 15 is 0 Å². The summed E-state index contributed by atoms with van der Waals surface area (Å²) in [6.45, 7) is 0.274. The fraction of sp³-hybridized carbons (Fsp3) is 0.312. The molecule has 142 valence electrons. The average Bonchev–Trinajstić information content (AvgIpc) is 3.17. The minimum absolute atomic E-state index is 0.123. The van der Waals surface area contributed by atoms with Gasteiger partial charge in [0.2, 0.25) is 5.28 Å². The first-order valence-corrected chi connectivity index (χ1v) is 8.32. The number of anilines is 1. The molecule has 3 aromatic rings. The molecule has 7 nitrogen and oxygen atoms in total. The summed E-state index contributed by atoms with van der Waals surface area (Å²) < 4.78 is 40.2. The van der Waals surface area contributed by atoms with E-state index in [0.29, 0.717) is 11.2 Å². The Balaban J connectivity index is 1.83. The summed E-state index contributed by atoms with van der Waals surface area (Å²) in [6, 6.07) is 4.68. The number of halogens is 4. The standard InChI is InChI=1S/C16H13ClF3N5O2/c17-15-22-13(24-6-11(26)12(27)7-24)10-5-21-25(14(10)23-15)9-3-1-2-8(4-9)16(18,19)20/h1-5,11-12,26-27H,6-7H2/t11-,12-/m0/s1. The third-order valence-electron chi connectivity index (χ3n) is 4.36. The summed E-state index contributed by atoms with van der Waals surface area (Å²) in [6.07, 6.45) is -4.95. The summed E-state index contributed by atoms with van der Waals surface area (Å²) >= 11 is 6.00. The van der Waals surface area contributed by atoms with Crippen molar-refractivity contribution >= 4 is 28.5 Å². The van der Waals surface area contributed by atoms with Gasteiger partial charge in [0.15, 0.2) is 5.65 Å². The van der Waals surface area contributed by atoms with E-state index in [4.69, 9.17) is 11.6 Å². The van der Waals surface area contributed by atoms with Crippen LogP contribution >= 0.6 is 11.6 Å². The molecule has 0 amide bonds. The smallest absolute Gasteiger partial charge is 0.389 e. The van der Waals surface area contributed by atoms with Gasteiger partial charge in [0.1, 0.15) is 5.82 Å². The van der Waals surface area contributed by atoms with Gasteiger partial charge in [-0.25, -0.2) is 4.68 Å². The normalized spacial score (nSPS) is 20.6. The van der Waals surface area contributed by atoms with Gasteiger partial charge in [0, 0.05) is 13.1 Å². The number of hydrogen-bond acceptors (Lipinski definition) is 6. The molecule has 1 aromatic carbocycles. The predicted molar refractivity (Wildman–Crippen MR) is 90.9 cm³/mol. The third-order valence-corrected chi connectivity index (χ3v) is 4.53. The summed E-state index contributed by atoms with van der Waals surface area (Å²) in [7, 11) is 0. The molecular formula is C16H13ClF3N5O2. The Morgan fingerprint density at radius 1 is 1.11 bits per heavy atom. The number of benzene rings is 1. The maximum Gasteiger partial charge on any atom is 0.416 e. The van der Waals surface area contributed by atoms with Crippen LogP contribution in [0.4, 0.5) is 19.0 Å². The minimum atomic E-state index is -4.49. The zero-order valence-corrected chi connectivity index (χ0v) is 14.4. The van der Waals surface area contributed by atoms with Crippen LogP contribution in [0.1, 0.15) is 5.56 Å². The number of β-amino-alcohol motifs (C(OH)–C–C–N with tert-alkyl or cyclic N) is 2. The number of aromatic nitrogens is 4. The van der Waals surface area contributed by atoms with Crippen LogP contribution in [0.5, 0.6) is 0 Å². The van der Waals surface area contributed by atoms with Crippen molar-refractivity contribution in [3.63, 3.8) is 0 Å². The molecule has 1 saturated heterocycles. The molecule has 2 N–H and O–H groups in total. The van der Waals surface area contributed by atoms with Gasteiger partial charge in [-0.3, -0.25) is 0 Å². The second-order valence-electron chi connectivity index (χ2n) is 6.20. The fourth-order valence-corrected chi connectivity index (χ4v) is 3.21. The van der Waals surface area contributed by atoms with Crippen LogP contribution in [0.3, 0.4) is 0 Å². The molecule has 2 atom stereocenters. The van der Waals surface area contributed by atoms with E-state index in [1.54, 1.807) is 4.90 Å². The van der Waals surface area contributed by atoms with Crippen molar-refractivity contribution in [3.05, 3.63) is 41.3 Å². The Bertz CT molecular complexity index is 999. The molecule has 0 unspecified atom stereocenters. The van der Waals surface area contributed by atoms with Gasteiger partial charge < -0.3 is 15.1 Å². The lowest BCUT2D eigenvalue weighted by Gasteiger charge is -2.17. The second-order valence-corrected chi connectivity index (χ2v) is 6.54. The highest BCUT2D eigenvalue weighted by Gasteiger charge is 2.33. The van der Waals surface area contributed by atoms with E-state index in [-0.39, 0.29) is 29.7 Å². The van der Waals surface area contributed by atoms with Gasteiger partial charge in [0.05, 0.1) is 35.0 Å². The molecule has 27 heavy (non-hydrogen) atoms. The van der Waals surface area contributed by atoms with E-state index in [1.165, 1.54) is 23.0 Å². The van der Waals surface area contributed by atoms with E-state index in [0.717, 1.165) is 12.1 Å². The van der Waals surface area contributed by atoms with Crippen LogP contribution in [0.15, 0.2) is 30.5 Å². The zero-order valence-electron chi connectivity index (χ0n) is 13.6. The SMILES string of the molecule is O[C@H]1CN(c2nc(Cl)nc3c2cnn3-c2cccc(C(F)(F)F)c2)C[C@@H]1O. The monoisotopic (exact) mass is 399 g/mol. The van der Waals surface area contributed by atoms with Gasteiger partial charge in [-0.15, -0.1) is 0 Å². The Morgan fingerprint density at radius 3 is 2.48 bits per heavy atom. The molecule has 0 radical (unpaired) electrons. The molecule has 0 bridgehead atoms. The lowest BCUT2D eigenvalue weighted by atomic mass is 10.2. The van der Waals surface area contributed by atoms with E-state index in [9.17, 15) is 23.4 Å². The van der Waals surface area contributed by atoms with Crippen molar-refractivity contribution in [2.75, 3.05) is 18.0 Å². The van der Waals surface area contributed by atoms with Crippen LogP contribution in [0.25, 0.3) is 16.7 Å². The molecule has 1 aliphatic rings. The first-order chi connectivity index (χ1) is 12.7. The number of fused-ring (bicyclic) bond motifs is 1. The highest BCUT2D eigenvalue weighted by Crippen LogP contribution is 2.32. The second kappa shape index (κ2) is 6.32. The van der Waals surface area contributed by atoms with Gasteiger partial charge in [-0.2, -0.15) is 28.2 Å². The van der Waals surface area contributed by atoms with Crippen LogP contribution in [0, 0.1) is 0 Å². The highest BCUT2D eigenvalue weighted by atomic mass is 35.5. The van der Waals surface area contributed by atoms with Crippen molar-refractivity contribution in [2.24, 2.45) is 0 Å². The topological polar surface area (TPSA) is 87.3 Å². The average molecular weight is 400 g/mol. The summed E-state index contributed by atoms with van der Waals surface area (Å²) in [5.74, 6) is 0.346. The summed E-state index contributed by atoms with van der Waals surface area (Å²) in [4.78, 5) is 9.86. The number of hydrogen-bond donors (Lipinski definition) is 2. The van der Waals surface area contributed by atoms with E-state index in [2.05, 4.69) is 15.1 Å². The van der Waals surface area contributed by atoms with Gasteiger partial charge in [-0.05, 0) is 29.8 Å². The molecule has 3 heterocycles. The number of rotatable bonds is 2. The Hall–Kier alpha value is -2.43. The summed E-state index contributed by atoms with van der Waals surface area (Å²) in [5, 5.41) is 24.0. The number of nitrogens with zero attached hydrogens (tertiary/aromatic N) is 5. The fourth-order valence-electron chi connectivity index (χ4n) is 3.05. The Morgan fingerprint density at radius 2 is 1.81 bits per heavy atom. The predicted octanol–water partition coefficient (Wildman–Crippen LogP) is 2.03. The molecule has 0 spiro atoms. The Labute approximate surface area is 155 Å². The van der Waals surface area contributed by atoms with Gasteiger partial charge in [0.25, 0.3) is 0 Å². The van der Waals surface area contributed by atoms with Crippen LogP contribution in [-0.4, -0.2) is 55.3 Å². The van der Waals surface area contributed by atoms with Crippen molar-refractivity contribution in [1.82, 2.24) is 19.7 Å². The van der Waals surface area contributed by atoms with Crippen molar-refractivity contribution < 1.29 is 23.4 Å². The lowest BCUT2D eigenvalue weighted by molar-refractivity contribution is -0.137. The lowest BCUT2D eigenvalue weighted by Crippen LogP contribution is -2.22. The van der Waals surface area contributed by atoms with E-state index in [1.807, 2.05) is 0 Å². The number of aliphatic hydroxyl groups excluding tert-OH is 2. The molecule has 2 aromatic heterocycles. The summed E-state index contributed by atoms with van der Waals surface area (Å²) in [5.41, 5.74) is -0.419. The third kappa shape index (κ3) is 3.20. The number of aliphatic hydroxyl groups is 2. The van der Waals surface area contributed by atoms with Crippen molar-refractivity contribution in [1.29, 1.82) is 0 Å². The quantitative estimate of drug-likeness (QED) is 0.641. The van der Waals surface area contributed by atoms with Crippen molar-refractivity contribution in [3.8, 4) is 5.69 Å². The first-order valence-electron chi connectivity index (χ1n) is 7.94. The van der Waals surface area contributed by atoms with Gasteiger partial charge in [-0.1, -0.05) is 6.07 Å².